The summed E-state index contributed by atoms with van der Waals surface area (Å²) >= 11 is 0. The van der Waals surface area contributed by atoms with E-state index in [4.69, 9.17) is 14.2 Å². The molecular weight excluding hydrogens is 330 g/mol. The monoisotopic (exact) mass is 351 g/mol. The number of aryl methyl sites for hydroxylation is 1. The molecule has 0 spiro atoms. The highest BCUT2D eigenvalue weighted by Crippen LogP contribution is 2.29. The summed E-state index contributed by atoms with van der Waals surface area (Å²) in [5.41, 5.74) is 0.887. The fourth-order valence-corrected chi connectivity index (χ4v) is 2.78. The lowest BCUT2D eigenvalue weighted by atomic mass is 9.97. The number of nitrogens with zero attached hydrogens (tertiary/aromatic N) is 1. The van der Waals surface area contributed by atoms with Gasteiger partial charge in [-0.3, -0.25) is 19.7 Å². The average Bonchev–Trinajstić information content (AvgIpc) is 2.77. The van der Waals surface area contributed by atoms with Crippen molar-refractivity contribution in [2.24, 2.45) is 5.92 Å². The predicted octanol–water partition coefficient (Wildman–Crippen LogP) is 2.69. The van der Waals surface area contributed by atoms with Gasteiger partial charge in [-0.15, -0.1) is 0 Å². The van der Waals surface area contributed by atoms with Gasteiger partial charge in [-0.05, 0) is 37.3 Å². The maximum absolute atomic E-state index is 12.0. The quantitative estimate of drug-likeness (QED) is 0.441. The SMILES string of the molecule is COc1cc([N+](=O)[O-])c(COC(=O)CC2CCOC(=O)CC2)cc1C. The van der Waals surface area contributed by atoms with Crippen LogP contribution in [-0.4, -0.2) is 30.6 Å². The number of methoxy groups -OCH3 is 1. The van der Waals surface area contributed by atoms with Crippen molar-refractivity contribution in [2.75, 3.05) is 13.7 Å². The van der Waals surface area contributed by atoms with Crippen LogP contribution < -0.4 is 4.74 Å². The van der Waals surface area contributed by atoms with Crippen LogP contribution in [0.2, 0.25) is 0 Å². The molecule has 1 heterocycles. The standard InChI is InChI=1S/C17H21NO7/c1-11-7-13(14(18(21)22)9-15(11)23-2)10-25-17(20)8-12-3-4-16(19)24-6-5-12/h7,9,12H,3-6,8,10H2,1-2H3. The number of carbonyl (C=O) groups is 2. The van der Waals surface area contributed by atoms with Crippen LogP contribution in [0.5, 0.6) is 5.75 Å². The molecule has 8 nitrogen and oxygen atoms in total. The van der Waals surface area contributed by atoms with Gasteiger partial charge in [0, 0.05) is 12.8 Å². The van der Waals surface area contributed by atoms with Crippen LogP contribution in [0.4, 0.5) is 5.69 Å². The van der Waals surface area contributed by atoms with Crippen molar-refractivity contribution in [3.8, 4) is 5.75 Å². The van der Waals surface area contributed by atoms with E-state index in [1.165, 1.54) is 13.2 Å². The van der Waals surface area contributed by atoms with Gasteiger partial charge in [0.05, 0.1) is 30.3 Å². The van der Waals surface area contributed by atoms with Crippen LogP contribution in [0.1, 0.15) is 36.8 Å². The highest BCUT2D eigenvalue weighted by atomic mass is 16.6. The molecule has 0 amide bonds. The van der Waals surface area contributed by atoms with Crippen LogP contribution in [0.3, 0.4) is 0 Å². The lowest BCUT2D eigenvalue weighted by Gasteiger charge is -2.13. The second kappa shape index (κ2) is 8.46. The van der Waals surface area contributed by atoms with E-state index in [9.17, 15) is 19.7 Å². The third-order valence-corrected chi connectivity index (χ3v) is 4.18. The second-order valence-corrected chi connectivity index (χ2v) is 5.99. The van der Waals surface area contributed by atoms with Crippen LogP contribution in [0.25, 0.3) is 0 Å². The lowest BCUT2D eigenvalue weighted by molar-refractivity contribution is -0.385. The molecule has 1 aliphatic rings. The summed E-state index contributed by atoms with van der Waals surface area (Å²) in [5.74, 6) is -0.265. The first-order valence-corrected chi connectivity index (χ1v) is 8.04. The first kappa shape index (κ1) is 18.7. The number of hydrogen-bond acceptors (Lipinski definition) is 7. The van der Waals surface area contributed by atoms with Crippen molar-refractivity contribution < 1.29 is 28.7 Å². The Morgan fingerprint density at radius 3 is 2.84 bits per heavy atom. The third-order valence-electron chi connectivity index (χ3n) is 4.18. The van der Waals surface area contributed by atoms with Gasteiger partial charge in [0.1, 0.15) is 12.4 Å². The van der Waals surface area contributed by atoms with E-state index in [0.717, 1.165) is 5.56 Å². The molecule has 0 aromatic heterocycles. The number of rotatable bonds is 6. The number of carbonyl (C=O) groups excluding carboxylic acids is 2. The molecule has 1 saturated heterocycles. The Hall–Kier alpha value is -2.64. The molecule has 1 unspecified atom stereocenters. The van der Waals surface area contributed by atoms with E-state index < -0.39 is 10.9 Å². The Morgan fingerprint density at radius 2 is 2.16 bits per heavy atom. The van der Waals surface area contributed by atoms with E-state index in [2.05, 4.69) is 0 Å². The highest BCUT2D eigenvalue weighted by Gasteiger charge is 2.22. The van der Waals surface area contributed by atoms with Gasteiger partial charge in [0.25, 0.3) is 5.69 Å². The summed E-state index contributed by atoms with van der Waals surface area (Å²) in [6, 6.07) is 2.91. The van der Waals surface area contributed by atoms with E-state index >= 15 is 0 Å². The average molecular weight is 351 g/mol. The minimum absolute atomic E-state index is 0.0199. The van der Waals surface area contributed by atoms with Gasteiger partial charge < -0.3 is 14.2 Å². The molecule has 0 N–H and O–H groups in total. The van der Waals surface area contributed by atoms with Crippen molar-refractivity contribution in [3.63, 3.8) is 0 Å². The number of benzene rings is 1. The van der Waals surface area contributed by atoms with Crippen LogP contribution in [0.15, 0.2) is 12.1 Å². The summed E-state index contributed by atoms with van der Waals surface area (Å²) in [5, 5.41) is 11.2. The Morgan fingerprint density at radius 1 is 1.40 bits per heavy atom. The number of cyclic esters (lactones) is 1. The molecule has 2 rings (SSSR count). The third kappa shape index (κ3) is 5.17. The summed E-state index contributed by atoms with van der Waals surface area (Å²) < 4.78 is 15.2. The van der Waals surface area contributed by atoms with E-state index in [1.54, 1.807) is 13.0 Å². The van der Waals surface area contributed by atoms with E-state index in [1.807, 2.05) is 0 Å². The molecule has 25 heavy (non-hydrogen) atoms. The fraction of sp³-hybridized carbons (Fsp3) is 0.529. The summed E-state index contributed by atoms with van der Waals surface area (Å²) in [7, 11) is 1.44. The topological polar surface area (TPSA) is 105 Å². The Bertz CT molecular complexity index is 671. The lowest BCUT2D eigenvalue weighted by Crippen LogP contribution is -2.13. The molecule has 1 fully saturated rings. The van der Waals surface area contributed by atoms with Gasteiger partial charge in [-0.25, -0.2) is 0 Å². The predicted molar refractivity (Wildman–Crippen MR) is 87.1 cm³/mol. The van der Waals surface area contributed by atoms with Gasteiger partial charge in [-0.2, -0.15) is 0 Å². The Kier molecular flexibility index (Phi) is 6.32. The molecule has 1 aromatic rings. The second-order valence-electron chi connectivity index (χ2n) is 5.99. The van der Waals surface area contributed by atoms with Crippen LogP contribution >= 0.6 is 0 Å². The van der Waals surface area contributed by atoms with E-state index in [-0.39, 0.29) is 30.6 Å². The number of hydrogen-bond donors (Lipinski definition) is 0. The minimum Gasteiger partial charge on any atom is -0.496 e. The number of nitro benzene ring substituents is 1. The van der Waals surface area contributed by atoms with Crippen molar-refractivity contribution in [1.29, 1.82) is 0 Å². The number of nitro groups is 1. The molecule has 0 aliphatic carbocycles. The summed E-state index contributed by atoms with van der Waals surface area (Å²) in [6.07, 6.45) is 1.65. The maximum atomic E-state index is 12.0. The minimum atomic E-state index is -0.528. The summed E-state index contributed by atoms with van der Waals surface area (Å²) in [4.78, 5) is 33.9. The maximum Gasteiger partial charge on any atom is 0.306 e. The summed E-state index contributed by atoms with van der Waals surface area (Å²) in [6.45, 7) is 1.89. The molecular formula is C17H21NO7. The van der Waals surface area contributed by atoms with Crippen molar-refractivity contribution in [3.05, 3.63) is 33.4 Å². The molecule has 0 bridgehead atoms. The van der Waals surface area contributed by atoms with Gasteiger partial charge >= 0.3 is 11.9 Å². The van der Waals surface area contributed by atoms with Gasteiger partial charge in [0.2, 0.25) is 0 Å². The molecule has 0 saturated carbocycles. The molecule has 0 radical (unpaired) electrons. The van der Waals surface area contributed by atoms with Crippen molar-refractivity contribution in [2.45, 2.75) is 39.2 Å². The van der Waals surface area contributed by atoms with E-state index in [0.29, 0.717) is 37.2 Å². The van der Waals surface area contributed by atoms with Crippen LogP contribution in [0, 0.1) is 23.0 Å². The fourth-order valence-electron chi connectivity index (χ4n) is 2.78. The zero-order chi connectivity index (χ0) is 18.4. The first-order chi connectivity index (χ1) is 11.9. The number of esters is 2. The molecule has 1 atom stereocenters. The smallest absolute Gasteiger partial charge is 0.306 e. The normalized spacial score (nSPS) is 17.4. The zero-order valence-electron chi connectivity index (χ0n) is 14.3. The Labute approximate surface area is 145 Å². The Balaban J connectivity index is 1.98. The largest absolute Gasteiger partial charge is 0.496 e. The number of ether oxygens (including phenoxy) is 3. The van der Waals surface area contributed by atoms with Crippen molar-refractivity contribution in [1.82, 2.24) is 0 Å². The van der Waals surface area contributed by atoms with Gasteiger partial charge in [0.15, 0.2) is 0 Å². The highest BCUT2D eigenvalue weighted by molar-refractivity contribution is 5.71. The molecule has 1 aliphatic heterocycles. The molecule has 8 heteroatoms. The van der Waals surface area contributed by atoms with Crippen LogP contribution in [-0.2, 0) is 25.7 Å². The molecule has 136 valence electrons. The van der Waals surface area contributed by atoms with Crippen molar-refractivity contribution >= 4 is 17.6 Å². The molecule has 1 aromatic carbocycles. The first-order valence-electron chi connectivity index (χ1n) is 8.04. The van der Waals surface area contributed by atoms with Gasteiger partial charge in [-0.1, -0.05) is 0 Å². The zero-order valence-corrected chi connectivity index (χ0v) is 14.3.